The van der Waals surface area contributed by atoms with E-state index >= 15 is 4.39 Å². The van der Waals surface area contributed by atoms with Crippen molar-refractivity contribution in [3.05, 3.63) is 39.4 Å². The number of carboxylic acids is 1. The third-order valence-electron chi connectivity index (χ3n) is 6.15. The molecule has 0 amide bonds. The number of aromatic nitrogens is 1. The van der Waals surface area contributed by atoms with E-state index in [1.54, 1.807) is 18.7 Å². The first-order valence-corrected chi connectivity index (χ1v) is 9.42. The van der Waals surface area contributed by atoms with Crippen LogP contribution in [0.4, 0.5) is 18.9 Å². The lowest BCUT2D eigenvalue weighted by molar-refractivity contribution is 0.0694. The number of halogens is 3. The number of carbonyl (C=O) groups is 1. The molecule has 2 fully saturated rings. The van der Waals surface area contributed by atoms with Crippen LogP contribution in [0.25, 0.3) is 10.9 Å². The number of alkyl halides is 2. The highest BCUT2D eigenvalue weighted by Gasteiger charge is 2.43. The quantitative estimate of drug-likeness (QED) is 0.810. The van der Waals surface area contributed by atoms with E-state index in [1.165, 1.54) is 4.57 Å². The van der Waals surface area contributed by atoms with E-state index in [4.69, 9.17) is 5.73 Å². The molecule has 1 aromatic carbocycles. The van der Waals surface area contributed by atoms with Crippen LogP contribution in [-0.4, -0.2) is 47.1 Å². The number of rotatable bonds is 4. The van der Waals surface area contributed by atoms with Gasteiger partial charge in [0.25, 0.3) is 0 Å². The maximum atomic E-state index is 15.1. The van der Waals surface area contributed by atoms with Gasteiger partial charge in [0.1, 0.15) is 17.6 Å². The molecule has 4 rings (SSSR count). The van der Waals surface area contributed by atoms with Crippen LogP contribution in [0, 0.1) is 18.7 Å². The maximum Gasteiger partial charge on any atom is 0.341 e. The summed E-state index contributed by atoms with van der Waals surface area (Å²) < 4.78 is 43.8. The summed E-state index contributed by atoms with van der Waals surface area (Å²) in [5.41, 5.74) is 4.83. The summed E-state index contributed by atoms with van der Waals surface area (Å²) in [6, 6.07) is 0.389. The van der Waals surface area contributed by atoms with Crippen LogP contribution in [0.5, 0.6) is 0 Å². The average Bonchev–Trinajstić information content (AvgIpc) is 3.27. The van der Waals surface area contributed by atoms with Crippen molar-refractivity contribution in [1.82, 2.24) is 4.57 Å². The second kappa shape index (κ2) is 6.48. The molecular formula is C20H22F3N3O3. The SMILES string of the molecule is Cc1c(N2CC(CF)C(C)(N)C2)c(F)cc2c(=O)c(C(=O)O)cn([C@@H]3C[C@@H]3F)c12. The number of anilines is 1. The molecule has 0 radical (unpaired) electrons. The first-order valence-electron chi connectivity index (χ1n) is 9.42. The van der Waals surface area contributed by atoms with Crippen molar-refractivity contribution in [1.29, 1.82) is 0 Å². The largest absolute Gasteiger partial charge is 0.477 e. The zero-order chi connectivity index (χ0) is 21.2. The predicted octanol–water partition coefficient (Wildman–Crippen LogP) is 2.55. The van der Waals surface area contributed by atoms with E-state index in [-0.39, 0.29) is 30.6 Å². The first kappa shape index (κ1) is 19.8. The molecule has 156 valence electrons. The number of carboxylic acid groups (broad SMARTS) is 1. The standard InChI is InChI=1S/C20H22F3N3O3/c1-9-16-11(18(27)12(19(28)29)7-26(16)15-4-13(15)22)3-14(23)17(9)25-6-10(5-21)20(2,24)8-25/h3,7,10,13,15H,4-6,8,24H2,1-2H3,(H,28,29)/t10?,13-,15+,20?/m0/s1. The normalized spacial score (nSPS) is 28.9. The van der Waals surface area contributed by atoms with Crippen molar-refractivity contribution in [2.75, 3.05) is 24.7 Å². The van der Waals surface area contributed by atoms with Crippen molar-refractivity contribution in [3.63, 3.8) is 0 Å². The molecule has 29 heavy (non-hydrogen) atoms. The highest BCUT2D eigenvalue weighted by molar-refractivity contribution is 5.95. The Morgan fingerprint density at radius 3 is 2.62 bits per heavy atom. The number of pyridine rings is 1. The van der Waals surface area contributed by atoms with E-state index in [1.807, 2.05) is 0 Å². The predicted molar refractivity (Wildman–Crippen MR) is 103 cm³/mol. The number of hydrogen-bond acceptors (Lipinski definition) is 4. The molecule has 9 heteroatoms. The van der Waals surface area contributed by atoms with Crippen molar-refractivity contribution in [2.24, 2.45) is 11.7 Å². The maximum absolute atomic E-state index is 15.1. The van der Waals surface area contributed by atoms with E-state index < -0.39 is 53.1 Å². The topological polar surface area (TPSA) is 88.6 Å². The summed E-state index contributed by atoms with van der Waals surface area (Å²) in [5, 5.41) is 9.23. The van der Waals surface area contributed by atoms with Crippen LogP contribution in [0.1, 0.15) is 35.3 Å². The summed E-state index contributed by atoms with van der Waals surface area (Å²) in [6.07, 6.45) is 0.163. The molecule has 1 saturated carbocycles. The van der Waals surface area contributed by atoms with Crippen LogP contribution < -0.4 is 16.1 Å². The summed E-state index contributed by atoms with van der Waals surface area (Å²) in [5.74, 6) is -2.65. The van der Waals surface area contributed by atoms with Gasteiger partial charge in [0, 0.05) is 42.6 Å². The minimum Gasteiger partial charge on any atom is -0.477 e. The smallest absolute Gasteiger partial charge is 0.341 e. The molecule has 1 aliphatic carbocycles. The van der Waals surface area contributed by atoms with Crippen LogP contribution in [0.2, 0.25) is 0 Å². The Balaban J connectivity index is 1.97. The van der Waals surface area contributed by atoms with Gasteiger partial charge in [-0.2, -0.15) is 0 Å². The van der Waals surface area contributed by atoms with Gasteiger partial charge < -0.3 is 20.3 Å². The highest BCUT2D eigenvalue weighted by Crippen LogP contribution is 2.43. The third kappa shape index (κ3) is 2.99. The van der Waals surface area contributed by atoms with Crippen molar-refractivity contribution in [2.45, 2.75) is 38.0 Å². The minimum absolute atomic E-state index is 0.112. The lowest BCUT2D eigenvalue weighted by atomic mass is 9.92. The van der Waals surface area contributed by atoms with Gasteiger partial charge in [-0.05, 0) is 25.5 Å². The number of nitrogens with zero attached hydrogens (tertiary/aromatic N) is 2. The van der Waals surface area contributed by atoms with E-state index in [0.717, 1.165) is 12.3 Å². The molecule has 0 spiro atoms. The van der Waals surface area contributed by atoms with Gasteiger partial charge in [-0.25, -0.2) is 13.6 Å². The van der Waals surface area contributed by atoms with Crippen molar-refractivity contribution in [3.8, 4) is 0 Å². The zero-order valence-electron chi connectivity index (χ0n) is 16.1. The second-order valence-corrected chi connectivity index (χ2v) is 8.37. The number of nitrogens with two attached hydrogens (primary N) is 1. The average molecular weight is 409 g/mol. The molecule has 1 aromatic heterocycles. The number of hydrogen-bond donors (Lipinski definition) is 2. The zero-order valence-corrected chi connectivity index (χ0v) is 16.1. The van der Waals surface area contributed by atoms with E-state index in [2.05, 4.69) is 0 Å². The molecule has 2 aliphatic rings. The van der Waals surface area contributed by atoms with Gasteiger partial charge >= 0.3 is 5.97 Å². The Kier molecular flexibility index (Phi) is 4.41. The minimum atomic E-state index is -1.45. The number of aryl methyl sites for hydroxylation is 1. The van der Waals surface area contributed by atoms with E-state index in [9.17, 15) is 23.5 Å². The van der Waals surface area contributed by atoms with E-state index in [0.29, 0.717) is 11.1 Å². The Hall–Kier alpha value is -2.55. The molecule has 0 bridgehead atoms. The fraction of sp³-hybridized carbons (Fsp3) is 0.500. The van der Waals surface area contributed by atoms with Crippen molar-refractivity contribution < 1.29 is 23.1 Å². The number of aromatic carboxylic acids is 1. The lowest BCUT2D eigenvalue weighted by Crippen LogP contribution is -2.45. The Bertz CT molecular complexity index is 1080. The molecule has 2 heterocycles. The highest BCUT2D eigenvalue weighted by atomic mass is 19.1. The Morgan fingerprint density at radius 2 is 2.10 bits per heavy atom. The molecule has 4 atom stereocenters. The summed E-state index contributed by atoms with van der Waals surface area (Å²) in [6.45, 7) is 3.09. The summed E-state index contributed by atoms with van der Waals surface area (Å²) in [4.78, 5) is 25.8. The molecule has 1 saturated heterocycles. The monoisotopic (exact) mass is 409 g/mol. The summed E-state index contributed by atoms with van der Waals surface area (Å²) >= 11 is 0. The van der Waals surface area contributed by atoms with Gasteiger partial charge in [0.05, 0.1) is 23.9 Å². The second-order valence-electron chi connectivity index (χ2n) is 8.37. The summed E-state index contributed by atoms with van der Waals surface area (Å²) in [7, 11) is 0. The first-order chi connectivity index (χ1) is 13.6. The van der Waals surface area contributed by atoms with Gasteiger partial charge in [-0.15, -0.1) is 0 Å². The van der Waals surface area contributed by atoms with Crippen LogP contribution in [0.15, 0.2) is 17.1 Å². The Morgan fingerprint density at radius 1 is 1.45 bits per heavy atom. The molecule has 3 N–H and O–H groups in total. The lowest BCUT2D eigenvalue weighted by Gasteiger charge is -2.26. The van der Waals surface area contributed by atoms with Crippen LogP contribution in [0.3, 0.4) is 0 Å². The third-order valence-corrected chi connectivity index (χ3v) is 6.15. The Labute approximate surface area is 164 Å². The fourth-order valence-electron chi connectivity index (χ4n) is 4.39. The fourth-order valence-corrected chi connectivity index (χ4v) is 4.39. The van der Waals surface area contributed by atoms with Gasteiger partial charge in [-0.1, -0.05) is 0 Å². The molecule has 2 aromatic rings. The number of benzene rings is 1. The van der Waals surface area contributed by atoms with Gasteiger partial charge in [0.15, 0.2) is 0 Å². The molecule has 6 nitrogen and oxygen atoms in total. The number of fused-ring (bicyclic) bond motifs is 1. The molecular weight excluding hydrogens is 387 g/mol. The van der Waals surface area contributed by atoms with Crippen LogP contribution in [-0.2, 0) is 0 Å². The molecule has 1 aliphatic heterocycles. The van der Waals surface area contributed by atoms with Gasteiger partial charge in [-0.3, -0.25) is 9.18 Å². The molecule has 2 unspecified atom stereocenters. The van der Waals surface area contributed by atoms with Gasteiger partial charge in [0.2, 0.25) is 5.43 Å². The van der Waals surface area contributed by atoms with Crippen LogP contribution >= 0.6 is 0 Å². The van der Waals surface area contributed by atoms with Crippen molar-refractivity contribution >= 4 is 22.6 Å².